The fourth-order valence-corrected chi connectivity index (χ4v) is 2.55. The molecule has 0 bridgehead atoms. The summed E-state index contributed by atoms with van der Waals surface area (Å²) in [4.78, 5) is 28.5. The molecule has 2 aromatic rings. The largest absolute Gasteiger partial charge is 0.445 e. The molecule has 0 saturated carbocycles. The topological polar surface area (TPSA) is 92.4 Å². The second kappa shape index (κ2) is 7.96. The van der Waals surface area contributed by atoms with Crippen LogP contribution in [0.2, 0.25) is 5.02 Å². The summed E-state index contributed by atoms with van der Waals surface area (Å²) < 4.78 is 5.31. The summed E-state index contributed by atoms with van der Waals surface area (Å²) in [7, 11) is 0. The van der Waals surface area contributed by atoms with E-state index in [0.29, 0.717) is 28.6 Å². The minimum absolute atomic E-state index is 0.153. The SMILES string of the molecule is O=C(Nc1ccccc1C(=O)Nc1ccc(Cl)cn1)OC1CCNC1. The second-order valence-electron chi connectivity index (χ2n) is 5.51. The Morgan fingerprint density at radius 3 is 2.76 bits per heavy atom. The van der Waals surface area contributed by atoms with Gasteiger partial charge in [0.05, 0.1) is 16.3 Å². The Bertz CT molecular complexity index is 761. The highest BCUT2D eigenvalue weighted by Gasteiger charge is 2.20. The van der Waals surface area contributed by atoms with Gasteiger partial charge in [-0.3, -0.25) is 10.1 Å². The molecule has 0 spiro atoms. The van der Waals surface area contributed by atoms with Crippen molar-refractivity contribution in [3.05, 3.63) is 53.2 Å². The van der Waals surface area contributed by atoms with Crippen molar-refractivity contribution in [1.82, 2.24) is 10.3 Å². The fraction of sp³-hybridized carbons (Fsp3) is 0.235. The normalized spacial score (nSPS) is 16.3. The van der Waals surface area contributed by atoms with Crippen molar-refractivity contribution in [2.75, 3.05) is 23.7 Å². The Balaban J connectivity index is 1.68. The highest BCUT2D eigenvalue weighted by molar-refractivity contribution is 6.30. The molecule has 1 saturated heterocycles. The van der Waals surface area contributed by atoms with Crippen molar-refractivity contribution in [2.45, 2.75) is 12.5 Å². The van der Waals surface area contributed by atoms with Crippen LogP contribution in [0.3, 0.4) is 0 Å². The number of aromatic nitrogens is 1. The summed E-state index contributed by atoms with van der Waals surface area (Å²) in [6, 6.07) is 9.90. The molecule has 3 rings (SSSR count). The van der Waals surface area contributed by atoms with E-state index < -0.39 is 12.0 Å². The number of halogens is 1. The van der Waals surface area contributed by atoms with E-state index in [9.17, 15) is 9.59 Å². The third kappa shape index (κ3) is 4.68. The average Bonchev–Trinajstić information content (AvgIpc) is 3.10. The summed E-state index contributed by atoms with van der Waals surface area (Å²) in [6.45, 7) is 1.46. The van der Waals surface area contributed by atoms with Crippen LogP contribution in [0.4, 0.5) is 16.3 Å². The molecule has 1 atom stereocenters. The lowest BCUT2D eigenvalue weighted by Crippen LogP contribution is -2.25. The number of amides is 2. The molecule has 2 amide bonds. The monoisotopic (exact) mass is 360 g/mol. The number of hydrogen-bond donors (Lipinski definition) is 3. The number of rotatable bonds is 4. The lowest BCUT2D eigenvalue weighted by Gasteiger charge is -2.14. The smallest absolute Gasteiger partial charge is 0.411 e. The molecule has 0 radical (unpaired) electrons. The quantitative estimate of drug-likeness (QED) is 0.779. The van der Waals surface area contributed by atoms with Crippen LogP contribution in [0.25, 0.3) is 0 Å². The van der Waals surface area contributed by atoms with E-state index in [2.05, 4.69) is 20.9 Å². The van der Waals surface area contributed by atoms with Crippen molar-refractivity contribution in [3.63, 3.8) is 0 Å². The molecular formula is C17H17ClN4O3. The third-order valence-corrected chi connectivity index (χ3v) is 3.89. The maximum atomic E-state index is 12.5. The number of pyridine rings is 1. The first-order chi connectivity index (χ1) is 12.1. The van der Waals surface area contributed by atoms with Crippen LogP contribution < -0.4 is 16.0 Å². The molecule has 1 aliphatic heterocycles. The number of anilines is 2. The van der Waals surface area contributed by atoms with E-state index >= 15 is 0 Å². The van der Waals surface area contributed by atoms with E-state index in [0.717, 1.165) is 13.0 Å². The van der Waals surface area contributed by atoms with Crippen LogP contribution in [0.15, 0.2) is 42.6 Å². The van der Waals surface area contributed by atoms with Crippen molar-refractivity contribution in [3.8, 4) is 0 Å². The molecule has 0 aliphatic carbocycles. The van der Waals surface area contributed by atoms with Gasteiger partial charge in [-0.25, -0.2) is 9.78 Å². The molecule has 2 heterocycles. The van der Waals surface area contributed by atoms with Gasteiger partial charge in [0.15, 0.2) is 0 Å². The van der Waals surface area contributed by atoms with Crippen molar-refractivity contribution in [1.29, 1.82) is 0 Å². The maximum Gasteiger partial charge on any atom is 0.411 e. The molecule has 1 aromatic heterocycles. The van der Waals surface area contributed by atoms with Gasteiger partial charge < -0.3 is 15.4 Å². The fourth-order valence-electron chi connectivity index (χ4n) is 2.44. The number of hydrogen-bond acceptors (Lipinski definition) is 5. The molecule has 1 aromatic carbocycles. The summed E-state index contributed by atoms with van der Waals surface area (Å²) in [5.41, 5.74) is 0.672. The number of carbonyl (C=O) groups is 2. The second-order valence-corrected chi connectivity index (χ2v) is 5.94. The summed E-state index contributed by atoms with van der Waals surface area (Å²) in [5.74, 6) is -0.0305. The molecule has 1 fully saturated rings. The van der Waals surface area contributed by atoms with Gasteiger partial charge in [-0.2, -0.15) is 0 Å². The zero-order valence-corrected chi connectivity index (χ0v) is 14.0. The van der Waals surface area contributed by atoms with Gasteiger partial charge in [0.25, 0.3) is 5.91 Å². The minimum Gasteiger partial charge on any atom is -0.445 e. The molecule has 8 heteroatoms. The van der Waals surface area contributed by atoms with Crippen LogP contribution in [-0.2, 0) is 4.74 Å². The molecular weight excluding hydrogens is 344 g/mol. The van der Waals surface area contributed by atoms with Crippen molar-refractivity contribution < 1.29 is 14.3 Å². The van der Waals surface area contributed by atoms with Gasteiger partial charge >= 0.3 is 6.09 Å². The van der Waals surface area contributed by atoms with Crippen LogP contribution in [-0.4, -0.2) is 36.2 Å². The van der Waals surface area contributed by atoms with Gasteiger partial charge in [-0.1, -0.05) is 23.7 Å². The molecule has 1 unspecified atom stereocenters. The Hall–Kier alpha value is -2.64. The van der Waals surface area contributed by atoms with Crippen molar-refractivity contribution in [2.24, 2.45) is 0 Å². The van der Waals surface area contributed by atoms with E-state index in [1.807, 2.05) is 0 Å². The Morgan fingerprint density at radius 2 is 2.04 bits per heavy atom. The first kappa shape index (κ1) is 17.2. The van der Waals surface area contributed by atoms with Crippen LogP contribution in [0, 0.1) is 0 Å². The third-order valence-electron chi connectivity index (χ3n) is 3.67. The van der Waals surface area contributed by atoms with Gasteiger partial charge in [0.2, 0.25) is 0 Å². The van der Waals surface area contributed by atoms with E-state index in [-0.39, 0.29) is 6.10 Å². The van der Waals surface area contributed by atoms with Gasteiger partial charge in [0, 0.05) is 12.7 Å². The number of benzene rings is 1. The lowest BCUT2D eigenvalue weighted by atomic mass is 10.1. The standard InChI is InChI=1S/C17H17ClN4O3/c18-11-5-6-15(20-9-11)22-16(23)13-3-1-2-4-14(13)21-17(24)25-12-7-8-19-10-12/h1-6,9,12,19H,7-8,10H2,(H,21,24)(H,20,22,23). The number of nitrogens with one attached hydrogen (secondary N) is 3. The van der Waals surface area contributed by atoms with Gasteiger partial charge in [0.1, 0.15) is 11.9 Å². The Labute approximate surface area is 149 Å². The lowest BCUT2D eigenvalue weighted by molar-refractivity contribution is 0.102. The predicted octanol–water partition coefficient (Wildman–Crippen LogP) is 2.90. The highest BCUT2D eigenvalue weighted by atomic mass is 35.5. The predicted molar refractivity (Wildman–Crippen MR) is 95.0 cm³/mol. The molecule has 25 heavy (non-hydrogen) atoms. The zero-order valence-electron chi connectivity index (χ0n) is 13.3. The number of para-hydroxylation sites is 1. The summed E-state index contributed by atoms with van der Waals surface area (Å²) in [5, 5.41) is 8.88. The van der Waals surface area contributed by atoms with E-state index in [1.54, 1.807) is 36.4 Å². The van der Waals surface area contributed by atoms with E-state index in [4.69, 9.17) is 16.3 Å². The van der Waals surface area contributed by atoms with Crippen LogP contribution >= 0.6 is 11.6 Å². The maximum absolute atomic E-state index is 12.5. The van der Waals surface area contributed by atoms with Gasteiger partial charge in [-0.15, -0.1) is 0 Å². The molecule has 130 valence electrons. The zero-order chi connectivity index (χ0) is 17.6. The van der Waals surface area contributed by atoms with Gasteiger partial charge in [-0.05, 0) is 37.2 Å². The first-order valence-corrected chi connectivity index (χ1v) is 8.20. The minimum atomic E-state index is -0.585. The Kier molecular flexibility index (Phi) is 5.47. The number of nitrogens with zero attached hydrogens (tertiary/aromatic N) is 1. The molecule has 3 N–H and O–H groups in total. The number of ether oxygens (including phenoxy) is 1. The van der Waals surface area contributed by atoms with Crippen LogP contribution in [0.1, 0.15) is 16.8 Å². The molecule has 1 aliphatic rings. The average molecular weight is 361 g/mol. The van der Waals surface area contributed by atoms with E-state index in [1.165, 1.54) is 6.20 Å². The molecule has 7 nitrogen and oxygen atoms in total. The number of carbonyl (C=O) groups excluding carboxylic acids is 2. The highest BCUT2D eigenvalue weighted by Crippen LogP contribution is 2.18. The van der Waals surface area contributed by atoms with Crippen molar-refractivity contribution >= 4 is 35.1 Å². The van der Waals surface area contributed by atoms with Crippen LogP contribution in [0.5, 0.6) is 0 Å². The summed E-state index contributed by atoms with van der Waals surface area (Å²) in [6.07, 6.45) is 1.48. The first-order valence-electron chi connectivity index (χ1n) is 7.82. The Morgan fingerprint density at radius 1 is 1.20 bits per heavy atom. The summed E-state index contributed by atoms with van der Waals surface area (Å²) >= 11 is 5.78.